The Morgan fingerprint density at radius 3 is 2.31 bits per heavy atom. The van der Waals surface area contributed by atoms with Gasteiger partial charge in [-0.25, -0.2) is 13.6 Å². The van der Waals surface area contributed by atoms with E-state index < -0.39 is 10.0 Å². The normalized spacial score (nSPS) is 18.0. The molecule has 1 aliphatic rings. The molecule has 1 aliphatic heterocycles. The van der Waals surface area contributed by atoms with Crippen molar-refractivity contribution in [1.82, 2.24) is 10.2 Å². The smallest absolute Gasteiger partial charge is 0.238 e. The minimum atomic E-state index is -3.68. The van der Waals surface area contributed by atoms with Crippen LogP contribution in [0.5, 0.6) is 0 Å². The maximum atomic E-state index is 12.2. The van der Waals surface area contributed by atoms with E-state index in [-0.39, 0.29) is 10.8 Å². The number of hydrogen-bond donors (Lipinski definition) is 2. The first-order valence-electron chi connectivity index (χ1n) is 9.18. The molecule has 1 aromatic rings. The Morgan fingerprint density at radius 2 is 1.81 bits per heavy atom. The van der Waals surface area contributed by atoms with Gasteiger partial charge in [-0.05, 0) is 61.4 Å². The van der Waals surface area contributed by atoms with Gasteiger partial charge in [0.05, 0.1) is 11.4 Å². The summed E-state index contributed by atoms with van der Waals surface area (Å²) in [5, 5.41) is 7.97. The molecule has 1 saturated heterocycles. The van der Waals surface area contributed by atoms with Crippen LogP contribution in [-0.2, 0) is 21.4 Å². The summed E-state index contributed by atoms with van der Waals surface area (Å²) < 4.78 is 22.5. The summed E-state index contributed by atoms with van der Waals surface area (Å²) in [6.07, 6.45) is 3.50. The van der Waals surface area contributed by atoms with Crippen LogP contribution in [0.2, 0.25) is 0 Å². The molecule has 0 aromatic heterocycles. The SMILES string of the molecule is CC(C)CC1(C)CCN(CC(=O)NCc2ccc(S(N)(=O)=O)cc2)CC1. The number of rotatable bonds is 7. The minimum absolute atomic E-state index is 0.00649. The second-order valence-electron chi connectivity index (χ2n) is 8.15. The van der Waals surface area contributed by atoms with Crippen molar-refractivity contribution in [3.05, 3.63) is 29.8 Å². The standard InChI is InChI=1S/C19H31N3O3S/c1-15(2)12-19(3)8-10-22(11-9-19)14-18(23)21-13-16-4-6-17(7-5-16)26(20,24)25/h4-7,15H,8-14H2,1-3H3,(H,21,23)(H2,20,24,25). The monoisotopic (exact) mass is 381 g/mol. The number of primary sulfonamides is 1. The number of amides is 1. The van der Waals surface area contributed by atoms with Gasteiger partial charge in [-0.2, -0.15) is 0 Å². The molecule has 0 aliphatic carbocycles. The molecule has 26 heavy (non-hydrogen) atoms. The average molecular weight is 382 g/mol. The molecule has 2 rings (SSSR count). The van der Waals surface area contributed by atoms with Crippen LogP contribution in [0.3, 0.4) is 0 Å². The topological polar surface area (TPSA) is 92.5 Å². The summed E-state index contributed by atoms with van der Waals surface area (Å²) in [5.74, 6) is 0.698. The molecule has 7 heteroatoms. The zero-order valence-corrected chi connectivity index (χ0v) is 16.8. The predicted molar refractivity (Wildman–Crippen MR) is 103 cm³/mol. The van der Waals surface area contributed by atoms with Crippen molar-refractivity contribution >= 4 is 15.9 Å². The van der Waals surface area contributed by atoms with Crippen molar-refractivity contribution in [1.29, 1.82) is 0 Å². The number of nitrogens with one attached hydrogen (secondary N) is 1. The lowest BCUT2D eigenvalue weighted by atomic mass is 9.74. The highest BCUT2D eigenvalue weighted by Gasteiger charge is 2.31. The van der Waals surface area contributed by atoms with Gasteiger partial charge in [0.2, 0.25) is 15.9 Å². The number of sulfonamides is 1. The Bertz CT molecular complexity index is 706. The van der Waals surface area contributed by atoms with E-state index in [0.29, 0.717) is 24.4 Å². The number of nitrogens with two attached hydrogens (primary N) is 1. The van der Waals surface area contributed by atoms with Crippen molar-refractivity contribution in [2.45, 2.75) is 51.5 Å². The lowest BCUT2D eigenvalue weighted by molar-refractivity contribution is -0.123. The number of nitrogens with zero attached hydrogens (tertiary/aromatic N) is 1. The fourth-order valence-electron chi connectivity index (χ4n) is 3.70. The number of carbonyl (C=O) groups excluding carboxylic acids is 1. The molecule has 1 fully saturated rings. The van der Waals surface area contributed by atoms with E-state index in [9.17, 15) is 13.2 Å². The van der Waals surface area contributed by atoms with Crippen LogP contribution >= 0.6 is 0 Å². The molecule has 3 N–H and O–H groups in total. The quantitative estimate of drug-likeness (QED) is 0.756. The minimum Gasteiger partial charge on any atom is -0.351 e. The Kier molecular flexibility index (Phi) is 6.82. The Morgan fingerprint density at radius 1 is 1.23 bits per heavy atom. The number of piperidine rings is 1. The maximum Gasteiger partial charge on any atom is 0.238 e. The molecular weight excluding hydrogens is 350 g/mol. The second-order valence-corrected chi connectivity index (χ2v) is 9.71. The summed E-state index contributed by atoms with van der Waals surface area (Å²) in [6.45, 7) is 9.59. The Balaban J connectivity index is 1.76. The van der Waals surface area contributed by atoms with E-state index in [1.54, 1.807) is 12.1 Å². The number of carbonyl (C=O) groups is 1. The number of likely N-dealkylation sites (tertiary alicyclic amines) is 1. The van der Waals surface area contributed by atoms with Gasteiger partial charge in [0.15, 0.2) is 0 Å². The highest BCUT2D eigenvalue weighted by molar-refractivity contribution is 7.89. The van der Waals surface area contributed by atoms with Crippen molar-refractivity contribution in [2.75, 3.05) is 19.6 Å². The van der Waals surface area contributed by atoms with Gasteiger partial charge < -0.3 is 5.32 Å². The van der Waals surface area contributed by atoms with E-state index in [1.165, 1.54) is 18.6 Å². The van der Waals surface area contributed by atoms with Gasteiger partial charge in [-0.1, -0.05) is 32.9 Å². The van der Waals surface area contributed by atoms with Crippen LogP contribution in [0.4, 0.5) is 0 Å². The molecule has 1 aromatic carbocycles. The van der Waals surface area contributed by atoms with Crippen molar-refractivity contribution in [3.8, 4) is 0 Å². The molecule has 0 spiro atoms. The van der Waals surface area contributed by atoms with Gasteiger partial charge in [-0.15, -0.1) is 0 Å². The predicted octanol–water partition coefficient (Wildman–Crippen LogP) is 2.10. The molecule has 0 radical (unpaired) electrons. The Hall–Kier alpha value is -1.44. The maximum absolute atomic E-state index is 12.2. The third-order valence-corrected chi connectivity index (χ3v) is 6.00. The van der Waals surface area contributed by atoms with Crippen LogP contribution in [0.25, 0.3) is 0 Å². The lowest BCUT2D eigenvalue weighted by Gasteiger charge is -2.40. The summed E-state index contributed by atoms with van der Waals surface area (Å²) in [4.78, 5) is 14.5. The summed E-state index contributed by atoms with van der Waals surface area (Å²) in [5.41, 5.74) is 1.24. The lowest BCUT2D eigenvalue weighted by Crippen LogP contribution is -2.44. The number of hydrogen-bond acceptors (Lipinski definition) is 4. The van der Waals surface area contributed by atoms with Crippen molar-refractivity contribution in [3.63, 3.8) is 0 Å². The van der Waals surface area contributed by atoms with Gasteiger partial charge >= 0.3 is 0 Å². The first-order chi connectivity index (χ1) is 12.1. The molecule has 1 amide bonds. The van der Waals surface area contributed by atoms with E-state index in [4.69, 9.17) is 5.14 Å². The van der Waals surface area contributed by atoms with E-state index in [2.05, 4.69) is 31.0 Å². The highest BCUT2D eigenvalue weighted by Crippen LogP contribution is 2.36. The first-order valence-corrected chi connectivity index (χ1v) is 10.7. The molecule has 146 valence electrons. The highest BCUT2D eigenvalue weighted by atomic mass is 32.2. The first kappa shape index (κ1) is 20.9. The second kappa shape index (κ2) is 8.50. The van der Waals surface area contributed by atoms with Crippen LogP contribution in [0.1, 0.15) is 45.6 Å². The van der Waals surface area contributed by atoms with Gasteiger partial charge in [0, 0.05) is 6.54 Å². The summed E-state index contributed by atoms with van der Waals surface area (Å²) >= 11 is 0. The summed E-state index contributed by atoms with van der Waals surface area (Å²) in [6, 6.07) is 6.24. The molecule has 1 heterocycles. The summed E-state index contributed by atoms with van der Waals surface area (Å²) in [7, 11) is -3.68. The Labute approximate surface area is 157 Å². The molecule has 0 unspecified atom stereocenters. The van der Waals surface area contributed by atoms with Crippen LogP contribution < -0.4 is 10.5 Å². The van der Waals surface area contributed by atoms with E-state index in [1.807, 2.05) is 0 Å². The third kappa shape index (κ3) is 6.37. The largest absolute Gasteiger partial charge is 0.351 e. The zero-order valence-electron chi connectivity index (χ0n) is 16.0. The van der Waals surface area contributed by atoms with E-state index in [0.717, 1.165) is 31.5 Å². The van der Waals surface area contributed by atoms with E-state index >= 15 is 0 Å². The van der Waals surface area contributed by atoms with Gasteiger partial charge in [0.1, 0.15) is 0 Å². The van der Waals surface area contributed by atoms with Crippen molar-refractivity contribution < 1.29 is 13.2 Å². The fourth-order valence-corrected chi connectivity index (χ4v) is 4.21. The molecular formula is C19H31N3O3S. The molecule has 6 nitrogen and oxygen atoms in total. The van der Waals surface area contributed by atoms with Gasteiger partial charge in [-0.3, -0.25) is 9.69 Å². The van der Waals surface area contributed by atoms with Crippen LogP contribution in [0, 0.1) is 11.3 Å². The average Bonchev–Trinajstić information content (AvgIpc) is 2.54. The van der Waals surface area contributed by atoms with Crippen LogP contribution in [0.15, 0.2) is 29.2 Å². The zero-order chi connectivity index (χ0) is 19.4. The molecule has 0 atom stereocenters. The fraction of sp³-hybridized carbons (Fsp3) is 0.632. The van der Waals surface area contributed by atoms with Crippen molar-refractivity contribution in [2.24, 2.45) is 16.5 Å². The third-order valence-electron chi connectivity index (χ3n) is 5.07. The van der Waals surface area contributed by atoms with Crippen LogP contribution in [-0.4, -0.2) is 38.9 Å². The molecule has 0 bridgehead atoms. The molecule has 0 saturated carbocycles. The number of benzene rings is 1. The van der Waals surface area contributed by atoms with Gasteiger partial charge in [0.25, 0.3) is 0 Å².